The first kappa shape index (κ1) is 15.9. The number of para-hydroxylation sites is 1. The SMILES string of the molecule is CCC(CNC(=O)OCC(=O)NC)n1ccc2ccccc21. The number of hydrogen-bond donors (Lipinski definition) is 2. The summed E-state index contributed by atoms with van der Waals surface area (Å²) in [5, 5.41) is 6.26. The molecule has 0 bridgehead atoms. The Kier molecular flexibility index (Phi) is 5.41. The molecule has 1 atom stereocenters. The average Bonchev–Trinajstić information content (AvgIpc) is 2.97. The number of likely N-dealkylation sites (N-methyl/N-ethyl adjacent to an activating group) is 1. The standard InChI is InChI=1S/C16H21N3O3/c1-3-13(10-18-16(21)22-11-15(20)17-2)19-9-8-12-6-4-5-7-14(12)19/h4-9,13H,3,10-11H2,1-2H3,(H,17,20)(H,18,21). The van der Waals surface area contributed by atoms with Gasteiger partial charge in [-0.1, -0.05) is 25.1 Å². The van der Waals surface area contributed by atoms with Crippen LogP contribution in [0.2, 0.25) is 0 Å². The smallest absolute Gasteiger partial charge is 0.407 e. The Balaban J connectivity index is 1.95. The van der Waals surface area contributed by atoms with Gasteiger partial charge in [-0.25, -0.2) is 4.79 Å². The van der Waals surface area contributed by atoms with Gasteiger partial charge in [0.25, 0.3) is 5.91 Å². The molecule has 0 saturated heterocycles. The third-order valence-electron chi connectivity index (χ3n) is 3.59. The Morgan fingerprint density at radius 2 is 2.05 bits per heavy atom. The molecule has 0 aliphatic rings. The number of nitrogens with zero attached hydrogens (tertiary/aromatic N) is 1. The highest BCUT2D eigenvalue weighted by Gasteiger charge is 2.13. The summed E-state index contributed by atoms with van der Waals surface area (Å²) in [4.78, 5) is 22.6. The van der Waals surface area contributed by atoms with Crippen LogP contribution in [0.5, 0.6) is 0 Å². The van der Waals surface area contributed by atoms with Crippen LogP contribution in [-0.2, 0) is 9.53 Å². The zero-order chi connectivity index (χ0) is 15.9. The van der Waals surface area contributed by atoms with E-state index in [1.54, 1.807) is 0 Å². The number of carbonyl (C=O) groups excluding carboxylic acids is 2. The minimum atomic E-state index is -0.585. The van der Waals surface area contributed by atoms with Crippen LogP contribution in [0.3, 0.4) is 0 Å². The lowest BCUT2D eigenvalue weighted by molar-refractivity contribution is -0.123. The molecule has 22 heavy (non-hydrogen) atoms. The first-order chi connectivity index (χ1) is 10.7. The summed E-state index contributed by atoms with van der Waals surface area (Å²) in [6.45, 7) is 2.24. The Morgan fingerprint density at radius 3 is 2.77 bits per heavy atom. The van der Waals surface area contributed by atoms with Gasteiger partial charge in [0, 0.05) is 25.3 Å². The number of benzene rings is 1. The van der Waals surface area contributed by atoms with Crippen molar-refractivity contribution in [1.29, 1.82) is 0 Å². The second-order valence-corrected chi connectivity index (χ2v) is 4.97. The Morgan fingerprint density at radius 1 is 1.27 bits per heavy atom. The summed E-state index contributed by atoms with van der Waals surface area (Å²) in [5.74, 6) is -0.335. The number of alkyl carbamates (subject to hydrolysis) is 1. The molecule has 0 saturated carbocycles. The van der Waals surface area contributed by atoms with E-state index in [2.05, 4.69) is 40.3 Å². The Hall–Kier alpha value is -2.50. The zero-order valence-electron chi connectivity index (χ0n) is 12.8. The molecule has 0 radical (unpaired) electrons. The summed E-state index contributed by atoms with van der Waals surface area (Å²) in [6, 6.07) is 10.3. The van der Waals surface area contributed by atoms with Crippen LogP contribution in [0.1, 0.15) is 19.4 Å². The maximum absolute atomic E-state index is 11.6. The van der Waals surface area contributed by atoms with E-state index in [4.69, 9.17) is 4.74 Å². The molecule has 2 rings (SSSR count). The van der Waals surface area contributed by atoms with Gasteiger partial charge in [0.2, 0.25) is 0 Å². The predicted molar refractivity (Wildman–Crippen MR) is 84.7 cm³/mol. The van der Waals surface area contributed by atoms with Crippen LogP contribution in [0.4, 0.5) is 4.79 Å². The molecular formula is C16H21N3O3. The van der Waals surface area contributed by atoms with Gasteiger partial charge in [-0.05, 0) is 23.9 Å². The lowest BCUT2D eigenvalue weighted by atomic mass is 10.2. The first-order valence-electron chi connectivity index (χ1n) is 7.32. The number of aromatic nitrogens is 1. The van der Waals surface area contributed by atoms with Crippen LogP contribution in [-0.4, -0.2) is 36.8 Å². The fourth-order valence-corrected chi connectivity index (χ4v) is 2.32. The van der Waals surface area contributed by atoms with E-state index in [0.29, 0.717) is 6.54 Å². The minimum absolute atomic E-state index is 0.132. The second-order valence-electron chi connectivity index (χ2n) is 4.97. The van der Waals surface area contributed by atoms with Gasteiger partial charge in [0.1, 0.15) is 0 Å². The van der Waals surface area contributed by atoms with Gasteiger partial charge in [-0.3, -0.25) is 4.79 Å². The number of nitrogens with one attached hydrogen (secondary N) is 2. The highest BCUT2D eigenvalue weighted by atomic mass is 16.6. The molecule has 2 N–H and O–H groups in total. The molecule has 1 aromatic heterocycles. The van der Waals surface area contributed by atoms with Crippen molar-refractivity contribution < 1.29 is 14.3 Å². The molecule has 1 aromatic carbocycles. The van der Waals surface area contributed by atoms with E-state index < -0.39 is 6.09 Å². The molecule has 0 aliphatic carbocycles. The molecule has 2 aromatic rings. The highest BCUT2D eigenvalue weighted by Crippen LogP contribution is 2.21. The number of rotatable bonds is 6. The van der Waals surface area contributed by atoms with Crippen molar-refractivity contribution in [2.24, 2.45) is 0 Å². The molecule has 0 spiro atoms. The fraction of sp³-hybridized carbons (Fsp3) is 0.375. The maximum Gasteiger partial charge on any atom is 0.407 e. The molecule has 6 nitrogen and oxygen atoms in total. The van der Waals surface area contributed by atoms with E-state index in [-0.39, 0.29) is 18.6 Å². The molecule has 0 fully saturated rings. The van der Waals surface area contributed by atoms with Crippen molar-refractivity contribution in [3.05, 3.63) is 36.5 Å². The molecule has 0 aliphatic heterocycles. The quantitative estimate of drug-likeness (QED) is 0.858. The minimum Gasteiger partial charge on any atom is -0.439 e. The fourth-order valence-electron chi connectivity index (χ4n) is 2.32. The number of fused-ring (bicyclic) bond motifs is 1. The van der Waals surface area contributed by atoms with E-state index in [0.717, 1.165) is 11.9 Å². The average molecular weight is 303 g/mol. The lowest BCUT2D eigenvalue weighted by Crippen LogP contribution is -2.33. The van der Waals surface area contributed by atoms with Gasteiger partial charge in [-0.2, -0.15) is 0 Å². The van der Waals surface area contributed by atoms with Crippen molar-refractivity contribution in [2.45, 2.75) is 19.4 Å². The van der Waals surface area contributed by atoms with Crippen molar-refractivity contribution in [3.8, 4) is 0 Å². The van der Waals surface area contributed by atoms with Crippen molar-refractivity contribution >= 4 is 22.9 Å². The number of amides is 2. The molecular weight excluding hydrogens is 282 g/mol. The van der Waals surface area contributed by atoms with Crippen LogP contribution in [0, 0.1) is 0 Å². The van der Waals surface area contributed by atoms with Crippen LogP contribution >= 0.6 is 0 Å². The van der Waals surface area contributed by atoms with Gasteiger partial charge >= 0.3 is 6.09 Å². The van der Waals surface area contributed by atoms with Crippen LogP contribution in [0.15, 0.2) is 36.5 Å². The largest absolute Gasteiger partial charge is 0.439 e. The van der Waals surface area contributed by atoms with E-state index in [1.807, 2.05) is 18.3 Å². The normalized spacial score (nSPS) is 11.9. The Bertz CT molecular complexity index is 651. The summed E-state index contributed by atoms with van der Waals surface area (Å²) in [6.07, 6.45) is 2.31. The molecule has 2 amide bonds. The maximum atomic E-state index is 11.6. The van der Waals surface area contributed by atoms with E-state index in [1.165, 1.54) is 12.4 Å². The molecule has 1 heterocycles. The van der Waals surface area contributed by atoms with Gasteiger partial charge < -0.3 is 19.9 Å². The third-order valence-corrected chi connectivity index (χ3v) is 3.59. The third kappa shape index (κ3) is 3.78. The second kappa shape index (κ2) is 7.49. The number of carbonyl (C=O) groups is 2. The zero-order valence-corrected chi connectivity index (χ0v) is 12.8. The van der Waals surface area contributed by atoms with E-state index in [9.17, 15) is 9.59 Å². The molecule has 6 heteroatoms. The topological polar surface area (TPSA) is 72.4 Å². The summed E-state index contributed by atoms with van der Waals surface area (Å²) >= 11 is 0. The Labute approximate surface area is 129 Å². The highest BCUT2D eigenvalue weighted by molar-refractivity contribution is 5.80. The summed E-state index contributed by atoms with van der Waals surface area (Å²) in [5.41, 5.74) is 1.13. The predicted octanol–water partition coefficient (Wildman–Crippen LogP) is 2.06. The first-order valence-corrected chi connectivity index (χ1v) is 7.32. The number of hydrogen-bond acceptors (Lipinski definition) is 3. The van der Waals surface area contributed by atoms with Crippen molar-refractivity contribution in [1.82, 2.24) is 15.2 Å². The van der Waals surface area contributed by atoms with E-state index >= 15 is 0 Å². The molecule has 1 unspecified atom stereocenters. The van der Waals surface area contributed by atoms with Crippen LogP contribution < -0.4 is 10.6 Å². The summed E-state index contributed by atoms with van der Waals surface area (Å²) < 4.78 is 6.97. The lowest BCUT2D eigenvalue weighted by Gasteiger charge is -2.19. The van der Waals surface area contributed by atoms with Crippen molar-refractivity contribution in [3.63, 3.8) is 0 Å². The van der Waals surface area contributed by atoms with Gasteiger partial charge in [0.15, 0.2) is 6.61 Å². The van der Waals surface area contributed by atoms with Crippen LogP contribution in [0.25, 0.3) is 10.9 Å². The number of ether oxygens (including phenoxy) is 1. The van der Waals surface area contributed by atoms with Crippen molar-refractivity contribution in [2.75, 3.05) is 20.2 Å². The van der Waals surface area contributed by atoms with Gasteiger partial charge in [0.05, 0.1) is 6.04 Å². The molecule has 118 valence electrons. The summed E-state index contributed by atoms with van der Waals surface area (Å²) in [7, 11) is 1.49. The monoisotopic (exact) mass is 303 g/mol. The van der Waals surface area contributed by atoms with Gasteiger partial charge in [-0.15, -0.1) is 0 Å².